The van der Waals surface area contributed by atoms with E-state index in [1.54, 1.807) is 7.11 Å². The SMILES string of the molecule is CCN1CCCC1CNCC(O)COC(C)COC. The average Bonchev–Trinajstić information content (AvgIpc) is 2.84. The molecule has 19 heavy (non-hydrogen) atoms. The van der Waals surface area contributed by atoms with Gasteiger partial charge in [0, 0.05) is 26.2 Å². The maximum atomic E-state index is 9.82. The van der Waals surface area contributed by atoms with Gasteiger partial charge in [0.05, 0.1) is 25.4 Å². The molecule has 5 nitrogen and oxygen atoms in total. The fourth-order valence-electron chi connectivity index (χ4n) is 2.58. The van der Waals surface area contributed by atoms with Gasteiger partial charge in [0.25, 0.3) is 0 Å². The van der Waals surface area contributed by atoms with Crippen molar-refractivity contribution in [3.05, 3.63) is 0 Å². The molecule has 0 spiro atoms. The Labute approximate surface area is 117 Å². The van der Waals surface area contributed by atoms with Gasteiger partial charge in [0.2, 0.25) is 0 Å². The maximum Gasteiger partial charge on any atom is 0.0897 e. The van der Waals surface area contributed by atoms with Crippen molar-refractivity contribution < 1.29 is 14.6 Å². The molecule has 0 amide bonds. The number of aliphatic hydroxyl groups is 1. The van der Waals surface area contributed by atoms with Gasteiger partial charge in [-0.1, -0.05) is 6.92 Å². The number of likely N-dealkylation sites (tertiary alicyclic amines) is 1. The van der Waals surface area contributed by atoms with Crippen molar-refractivity contribution in [2.24, 2.45) is 0 Å². The Kier molecular flexibility index (Phi) is 8.57. The van der Waals surface area contributed by atoms with E-state index in [1.165, 1.54) is 19.4 Å². The quantitative estimate of drug-likeness (QED) is 0.607. The molecular weight excluding hydrogens is 244 g/mol. The van der Waals surface area contributed by atoms with Crippen molar-refractivity contribution in [2.75, 3.05) is 46.5 Å². The Bertz CT molecular complexity index is 229. The van der Waals surface area contributed by atoms with Crippen LogP contribution in [-0.4, -0.2) is 74.8 Å². The van der Waals surface area contributed by atoms with Gasteiger partial charge >= 0.3 is 0 Å². The van der Waals surface area contributed by atoms with Crippen LogP contribution in [0.3, 0.4) is 0 Å². The summed E-state index contributed by atoms with van der Waals surface area (Å²) in [7, 11) is 1.65. The molecule has 2 N–H and O–H groups in total. The van der Waals surface area contributed by atoms with Gasteiger partial charge in [0.1, 0.15) is 0 Å². The van der Waals surface area contributed by atoms with Crippen LogP contribution in [0.15, 0.2) is 0 Å². The van der Waals surface area contributed by atoms with Gasteiger partial charge in [-0.15, -0.1) is 0 Å². The molecular formula is C14H30N2O3. The molecule has 0 saturated carbocycles. The topological polar surface area (TPSA) is 54.0 Å². The predicted octanol–water partition coefficient (Wildman–Crippen LogP) is 0.473. The Morgan fingerprint density at radius 1 is 1.42 bits per heavy atom. The van der Waals surface area contributed by atoms with Gasteiger partial charge in [-0.3, -0.25) is 4.90 Å². The van der Waals surface area contributed by atoms with E-state index in [0.717, 1.165) is 13.1 Å². The molecule has 1 heterocycles. The Morgan fingerprint density at radius 3 is 2.89 bits per heavy atom. The zero-order chi connectivity index (χ0) is 14.1. The summed E-state index contributed by atoms with van der Waals surface area (Å²) in [6.07, 6.45) is 2.14. The van der Waals surface area contributed by atoms with Gasteiger partial charge < -0.3 is 19.9 Å². The lowest BCUT2D eigenvalue weighted by Crippen LogP contribution is -2.41. The Balaban J connectivity index is 2.05. The summed E-state index contributed by atoms with van der Waals surface area (Å²) < 4.78 is 10.5. The van der Waals surface area contributed by atoms with Crippen molar-refractivity contribution in [3.8, 4) is 0 Å². The van der Waals surface area contributed by atoms with Crippen LogP contribution in [0.25, 0.3) is 0 Å². The molecule has 3 atom stereocenters. The van der Waals surface area contributed by atoms with E-state index in [4.69, 9.17) is 9.47 Å². The molecule has 0 aromatic rings. The zero-order valence-electron chi connectivity index (χ0n) is 12.6. The van der Waals surface area contributed by atoms with Crippen LogP contribution in [0.2, 0.25) is 0 Å². The molecule has 0 aliphatic carbocycles. The number of likely N-dealkylation sites (N-methyl/N-ethyl adjacent to an activating group) is 1. The Hall–Kier alpha value is -0.200. The van der Waals surface area contributed by atoms with E-state index in [2.05, 4.69) is 17.1 Å². The lowest BCUT2D eigenvalue weighted by atomic mass is 10.2. The number of rotatable bonds is 10. The number of nitrogens with one attached hydrogen (secondary N) is 1. The Morgan fingerprint density at radius 2 is 2.21 bits per heavy atom. The minimum atomic E-state index is -0.448. The first kappa shape index (κ1) is 16.9. The molecule has 0 bridgehead atoms. The first-order chi connectivity index (χ1) is 9.17. The molecule has 0 radical (unpaired) electrons. The highest BCUT2D eigenvalue weighted by atomic mass is 16.5. The van der Waals surface area contributed by atoms with Crippen LogP contribution < -0.4 is 5.32 Å². The highest BCUT2D eigenvalue weighted by Gasteiger charge is 2.22. The lowest BCUT2D eigenvalue weighted by molar-refractivity contribution is -0.0312. The normalized spacial score (nSPS) is 23.7. The summed E-state index contributed by atoms with van der Waals surface area (Å²) >= 11 is 0. The maximum absolute atomic E-state index is 9.82. The highest BCUT2D eigenvalue weighted by molar-refractivity contribution is 4.80. The summed E-state index contributed by atoms with van der Waals surface area (Å²) in [4.78, 5) is 2.50. The first-order valence-corrected chi connectivity index (χ1v) is 7.40. The first-order valence-electron chi connectivity index (χ1n) is 7.40. The van der Waals surface area contributed by atoms with Crippen LogP contribution in [0.4, 0.5) is 0 Å². The smallest absolute Gasteiger partial charge is 0.0897 e. The fraction of sp³-hybridized carbons (Fsp3) is 1.00. The van der Waals surface area contributed by atoms with E-state index in [9.17, 15) is 5.11 Å². The second kappa shape index (κ2) is 9.66. The highest BCUT2D eigenvalue weighted by Crippen LogP contribution is 2.15. The molecule has 0 aromatic carbocycles. The number of hydrogen-bond donors (Lipinski definition) is 2. The van der Waals surface area contributed by atoms with Gasteiger partial charge in [-0.2, -0.15) is 0 Å². The van der Waals surface area contributed by atoms with Gasteiger partial charge in [-0.05, 0) is 32.9 Å². The zero-order valence-corrected chi connectivity index (χ0v) is 12.6. The average molecular weight is 274 g/mol. The van der Waals surface area contributed by atoms with Crippen molar-refractivity contribution in [1.82, 2.24) is 10.2 Å². The molecule has 1 fully saturated rings. The van der Waals surface area contributed by atoms with E-state index in [-0.39, 0.29) is 6.10 Å². The summed E-state index contributed by atoms with van der Waals surface area (Å²) in [5, 5.41) is 13.2. The molecule has 0 aromatic heterocycles. The van der Waals surface area contributed by atoms with Crippen LogP contribution in [-0.2, 0) is 9.47 Å². The second-order valence-corrected chi connectivity index (χ2v) is 5.34. The van der Waals surface area contributed by atoms with Gasteiger partial charge in [0.15, 0.2) is 0 Å². The number of aliphatic hydroxyl groups excluding tert-OH is 1. The van der Waals surface area contributed by atoms with Crippen molar-refractivity contribution in [1.29, 1.82) is 0 Å². The van der Waals surface area contributed by atoms with Crippen LogP contribution in [0.5, 0.6) is 0 Å². The third-order valence-electron chi connectivity index (χ3n) is 3.64. The number of hydrogen-bond acceptors (Lipinski definition) is 5. The molecule has 1 rings (SSSR count). The summed E-state index contributed by atoms with van der Waals surface area (Å²) in [6, 6.07) is 0.630. The third-order valence-corrected chi connectivity index (χ3v) is 3.64. The largest absolute Gasteiger partial charge is 0.389 e. The fourth-order valence-corrected chi connectivity index (χ4v) is 2.58. The third kappa shape index (κ3) is 6.68. The summed E-state index contributed by atoms with van der Waals surface area (Å²) in [5.74, 6) is 0. The van der Waals surface area contributed by atoms with E-state index < -0.39 is 6.10 Å². The van der Waals surface area contributed by atoms with Crippen molar-refractivity contribution in [2.45, 2.75) is 44.9 Å². The van der Waals surface area contributed by atoms with Crippen LogP contribution in [0.1, 0.15) is 26.7 Å². The molecule has 114 valence electrons. The van der Waals surface area contributed by atoms with E-state index in [0.29, 0.717) is 25.8 Å². The molecule has 1 saturated heterocycles. The monoisotopic (exact) mass is 274 g/mol. The van der Waals surface area contributed by atoms with Crippen molar-refractivity contribution >= 4 is 0 Å². The molecule has 5 heteroatoms. The summed E-state index contributed by atoms with van der Waals surface area (Å²) in [6.45, 7) is 8.95. The lowest BCUT2D eigenvalue weighted by Gasteiger charge is -2.24. The van der Waals surface area contributed by atoms with Crippen LogP contribution in [0, 0.1) is 0 Å². The number of ether oxygens (including phenoxy) is 2. The number of methoxy groups -OCH3 is 1. The van der Waals surface area contributed by atoms with Crippen LogP contribution >= 0.6 is 0 Å². The summed E-state index contributed by atoms with van der Waals surface area (Å²) in [5.41, 5.74) is 0. The molecule has 1 aliphatic heterocycles. The molecule has 1 aliphatic rings. The molecule has 3 unspecified atom stereocenters. The standard InChI is InChI=1S/C14H30N2O3/c1-4-16-7-5-6-13(16)8-15-9-14(17)11-19-12(2)10-18-3/h12-15,17H,4-11H2,1-3H3. The van der Waals surface area contributed by atoms with E-state index >= 15 is 0 Å². The van der Waals surface area contributed by atoms with Gasteiger partial charge in [-0.25, -0.2) is 0 Å². The van der Waals surface area contributed by atoms with E-state index in [1.807, 2.05) is 6.92 Å². The second-order valence-electron chi connectivity index (χ2n) is 5.34. The predicted molar refractivity (Wildman–Crippen MR) is 76.4 cm³/mol. The van der Waals surface area contributed by atoms with Crippen molar-refractivity contribution in [3.63, 3.8) is 0 Å². The minimum absolute atomic E-state index is 0.0325. The number of nitrogens with zero attached hydrogens (tertiary/aromatic N) is 1. The minimum Gasteiger partial charge on any atom is -0.389 e.